The van der Waals surface area contributed by atoms with Crippen molar-refractivity contribution < 1.29 is 9.53 Å². The van der Waals surface area contributed by atoms with Gasteiger partial charge in [-0.3, -0.25) is 19.5 Å². The van der Waals surface area contributed by atoms with Crippen molar-refractivity contribution >= 4 is 17.7 Å². The maximum Gasteiger partial charge on any atom is 0.244 e. The minimum absolute atomic E-state index is 0.135. The molecule has 124 valence electrons. The number of thioether (sulfide) groups is 1. The highest BCUT2D eigenvalue weighted by Gasteiger charge is 2.23. The molecule has 1 aliphatic heterocycles. The second kappa shape index (κ2) is 7.11. The van der Waals surface area contributed by atoms with Crippen LogP contribution < -0.4 is 11.3 Å². The quantitative estimate of drug-likeness (QED) is 0.328. The number of hydrogen-bond donors (Lipinski definition) is 2. The summed E-state index contributed by atoms with van der Waals surface area (Å²) in [5.41, 5.74) is 2.86. The van der Waals surface area contributed by atoms with Gasteiger partial charge in [0, 0.05) is 19.9 Å². The Labute approximate surface area is 137 Å². The van der Waals surface area contributed by atoms with Crippen LogP contribution in [0.2, 0.25) is 0 Å². The fourth-order valence-electron chi connectivity index (χ4n) is 2.45. The summed E-state index contributed by atoms with van der Waals surface area (Å²) in [5.74, 6) is 5.71. The van der Waals surface area contributed by atoms with Crippen molar-refractivity contribution in [1.82, 2.24) is 30.0 Å². The van der Waals surface area contributed by atoms with E-state index in [4.69, 9.17) is 10.6 Å². The standard InChI is InChI=1S/C13H19N7O2S/c1-19-5-4-10(18-19)12-16-17-13(23-8-11(21)15-14)20(12)7-9-3-2-6-22-9/h4-5,9H,2-3,6-8,14H2,1H3,(H,15,21). The van der Waals surface area contributed by atoms with Crippen molar-refractivity contribution in [2.24, 2.45) is 12.9 Å². The first kappa shape index (κ1) is 16.0. The molecule has 1 saturated heterocycles. The van der Waals surface area contributed by atoms with Crippen molar-refractivity contribution in [3.8, 4) is 11.5 Å². The molecule has 9 nitrogen and oxygen atoms in total. The second-order valence-electron chi connectivity index (χ2n) is 5.28. The third-order valence-corrected chi connectivity index (χ3v) is 4.53. The zero-order valence-corrected chi connectivity index (χ0v) is 13.6. The number of aryl methyl sites for hydroxylation is 1. The van der Waals surface area contributed by atoms with Gasteiger partial charge >= 0.3 is 0 Å². The Morgan fingerprint density at radius 3 is 3.09 bits per heavy atom. The minimum Gasteiger partial charge on any atom is -0.376 e. The third-order valence-electron chi connectivity index (χ3n) is 3.56. The number of carbonyl (C=O) groups is 1. The summed E-state index contributed by atoms with van der Waals surface area (Å²) in [6.07, 6.45) is 4.06. The molecule has 3 rings (SSSR count). The number of hydrogen-bond acceptors (Lipinski definition) is 7. The lowest BCUT2D eigenvalue weighted by Crippen LogP contribution is -2.31. The number of amides is 1. The van der Waals surface area contributed by atoms with Gasteiger partial charge in [-0.15, -0.1) is 10.2 Å². The van der Waals surface area contributed by atoms with Gasteiger partial charge in [0.1, 0.15) is 5.69 Å². The zero-order chi connectivity index (χ0) is 16.2. The Bertz CT molecular complexity index is 678. The summed E-state index contributed by atoms with van der Waals surface area (Å²) in [7, 11) is 1.85. The predicted molar refractivity (Wildman–Crippen MR) is 84.3 cm³/mol. The van der Waals surface area contributed by atoms with E-state index in [2.05, 4.69) is 20.7 Å². The van der Waals surface area contributed by atoms with E-state index >= 15 is 0 Å². The first-order chi connectivity index (χ1) is 11.2. The first-order valence-corrected chi connectivity index (χ1v) is 8.33. The average molecular weight is 337 g/mol. The highest BCUT2D eigenvalue weighted by atomic mass is 32.2. The van der Waals surface area contributed by atoms with Crippen LogP contribution in [0, 0.1) is 0 Å². The van der Waals surface area contributed by atoms with Crippen LogP contribution in [0.4, 0.5) is 0 Å². The molecule has 0 aliphatic carbocycles. The van der Waals surface area contributed by atoms with Crippen LogP contribution >= 0.6 is 11.8 Å². The molecule has 1 atom stereocenters. The van der Waals surface area contributed by atoms with Crippen molar-refractivity contribution in [3.63, 3.8) is 0 Å². The molecule has 2 aromatic heterocycles. The first-order valence-electron chi connectivity index (χ1n) is 7.34. The van der Waals surface area contributed by atoms with Gasteiger partial charge in [-0.25, -0.2) is 5.84 Å². The fraction of sp³-hybridized carbons (Fsp3) is 0.538. The van der Waals surface area contributed by atoms with Crippen LogP contribution in [0.1, 0.15) is 12.8 Å². The summed E-state index contributed by atoms with van der Waals surface area (Å²) in [5, 5.41) is 13.5. The molecule has 0 saturated carbocycles. The molecule has 0 spiro atoms. The number of ether oxygens (including phenoxy) is 1. The topological polar surface area (TPSA) is 113 Å². The van der Waals surface area contributed by atoms with Crippen LogP contribution in [0.5, 0.6) is 0 Å². The van der Waals surface area contributed by atoms with Crippen molar-refractivity contribution in [1.29, 1.82) is 0 Å². The third kappa shape index (κ3) is 3.71. The summed E-state index contributed by atoms with van der Waals surface area (Å²) in [4.78, 5) is 11.4. The summed E-state index contributed by atoms with van der Waals surface area (Å²) >= 11 is 1.29. The van der Waals surface area contributed by atoms with E-state index < -0.39 is 0 Å². The Balaban J connectivity index is 1.85. The van der Waals surface area contributed by atoms with Crippen LogP contribution in [0.3, 0.4) is 0 Å². The monoisotopic (exact) mass is 337 g/mol. The van der Waals surface area contributed by atoms with Crippen LogP contribution in [-0.2, 0) is 23.1 Å². The van der Waals surface area contributed by atoms with E-state index in [0.29, 0.717) is 17.5 Å². The molecule has 3 heterocycles. The molecule has 1 amide bonds. The summed E-state index contributed by atoms with van der Waals surface area (Å²) in [6.45, 7) is 1.43. The van der Waals surface area contributed by atoms with Crippen molar-refractivity contribution in [2.45, 2.75) is 30.6 Å². The molecule has 10 heteroatoms. The summed E-state index contributed by atoms with van der Waals surface area (Å²) in [6, 6.07) is 1.89. The van der Waals surface area contributed by atoms with Gasteiger partial charge in [0.2, 0.25) is 5.91 Å². The Kier molecular flexibility index (Phi) is 4.94. The average Bonchev–Trinajstić information content (AvgIpc) is 3.27. The lowest BCUT2D eigenvalue weighted by molar-refractivity contribution is -0.118. The van der Waals surface area contributed by atoms with Gasteiger partial charge in [-0.1, -0.05) is 11.8 Å². The number of rotatable bonds is 6. The van der Waals surface area contributed by atoms with Gasteiger partial charge in [0.05, 0.1) is 18.4 Å². The molecule has 0 radical (unpaired) electrons. The van der Waals surface area contributed by atoms with Gasteiger partial charge in [0.15, 0.2) is 11.0 Å². The van der Waals surface area contributed by atoms with Crippen LogP contribution in [0.25, 0.3) is 11.5 Å². The number of nitrogens with zero attached hydrogens (tertiary/aromatic N) is 5. The molecule has 0 bridgehead atoms. The van der Waals surface area contributed by atoms with Gasteiger partial charge < -0.3 is 4.74 Å². The number of carbonyl (C=O) groups excluding carboxylic acids is 1. The van der Waals surface area contributed by atoms with E-state index in [-0.39, 0.29) is 17.8 Å². The SMILES string of the molecule is Cn1ccc(-c2nnc(SCC(=O)NN)n2CC2CCCO2)n1. The van der Waals surface area contributed by atoms with E-state index in [1.54, 1.807) is 4.68 Å². The fourth-order valence-corrected chi connectivity index (χ4v) is 3.21. The van der Waals surface area contributed by atoms with E-state index in [9.17, 15) is 4.79 Å². The van der Waals surface area contributed by atoms with Crippen LogP contribution in [-0.4, -0.2) is 48.9 Å². The Morgan fingerprint density at radius 2 is 2.43 bits per heavy atom. The highest BCUT2D eigenvalue weighted by molar-refractivity contribution is 7.99. The maximum absolute atomic E-state index is 11.4. The lowest BCUT2D eigenvalue weighted by atomic mass is 10.2. The van der Waals surface area contributed by atoms with Crippen LogP contribution in [0.15, 0.2) is 17.4 Å². The van der Waals surface area contributed by atoms with Gasteiger partial charge in [0.25, 0.3) is 0 Å². The number of nitrogens with two attached hydrogens (primary N) is 1. The Morgan fingerprint density at radius 1 is 1.57 bits per heavy atom. The molecule has 23 heavy (non-hydrogen) atoms. The minimum atomic E-state index is -0.263. The normalized spacial score (nSPS) is 17.6. The largest absolute Gasteiger partial charge is 0.376 e. The molecular formula is C13H19N7O2S. The van der Waals surface area contributed by atoms with Gasteiger partial charge in [-0.2, -0.15) is 5.10 Å². The zero-order valence-electron chi connectivity index (χ0n) is 12.8. The van der Waals surface area contributed by atoms with E-state index in [1.807, 2.05) is 23.9 Å². The lowest BCUT2D eigenvalue weighted by Gasteiger charge is -2.13. The maximum atomic E-state index is 11.4. The molecule has 3 N–H and O–H groups in total. The van der Waals surface area contributed by atoms with Crippen molar-refractivity contribution in [3.05, 3.63) is 12.3 Å². The smallest absolute Gasteiger partial charge is 0.244 e. The molecule has 2 aromatic rings. The molecule has 1 aliphatic rings. The van der Waals surface area contributed by atoms with E-state index in [0.717, 1.165) is 25.1 Å². The molecule has 1 unspecified atom stereocenters. The highest BCUT2D eigenvalue weighted by Crippen LogP contribution is 2.25. The predicted octanol–water partition coefficient (Wildman–Crippen LogP) is -0.0604. The molecular weight excluding hydrogens is 318 g/mol. The number of aromatic nitrogens is 5. The Hall–Kier alpha value is -1.91. The van der Waals surface area contributed by atoms with Gasteiger partial charge in [-0.05, 0) is 18.9 Å². The summed E-state index contributed by atoms with van der Waals surface area (Å²) < 4.78 is 9.40. The number of hydrazine groups is 1. The van der Waals surface area contributed by atoms with Crippen molar-refractivity contribution in [2.75, 3.05) is 12.4 Å². The molecule has 0 aromatic carbocycles. The van der Waals surface area contributed by atoms with E-state index in [1.165, 1.54) is 11.8 Å². The number of nitrogens with one attached hydrogen (secondary N) is 1. The second-order valence-corrected chi connectivity index (χ2v) is 6.23. The molecule has 1 fully saturated rings.